The van der Waals surface area contributed by atoms with Gasteiger partial charge in [-0.15, -0.1) is 0 Å². The molecule has 0 aliphatic rings. The molecule has 42 heavy (non-hydrogen) atoms. The lowest BCUT2D eigenvalue weighted by Crippen LogP contribution is -1.96. The van der Waals surface area contributed by atoms with Crippen LogP contribution < -0.4 is 0 Å². The minimum Gasteiger partial charge on any atom is -0.256 e. The highest BCUT2D eigenvalue weighted by atomic mass is 14.9. The highest BCUT2D eigenvalue weighted by Crippen LogP contribution is 2.32. The lowest BCUT2D eigenvalue weighted by atomic mass is 10.0. The van der Waals surface area contributed by atoms with Crippen molar-refractivity contribution < 1.29 is 0 Å². The normalized spacial score (nSPS) is 11.3. The number of nitrogens with zero attached hydrogens (tertiary/aromatic N) is 3. The first kappa shape index (κ1) is 24.2. The summed E-state index contributed by atoms with van der Waals surface area (Å²) in [5, 5.41) is 5.91. The fraction of sp³-hybridized carbons (Fsp3) is 0. The second-order valence-electron chi connectivity index (χ2n) is 10.6. The predicted molar refractivity (Wildman–Crippen MR) is 174 cm³/mol. The zero-order valence-electron chi connectivity index (χ0n) is 22.8. The molecule has 2 aromatic heterocycles. The molecule has 0 unspecified atom stereocenters. The van der Waals surface area contributed by atoms with Crippen molar-refractivity contribution in [1.82, 2.24) is 15.0 Å². The van der Waals surface area contributed by atoms with Gasteiger partial charge in [0.25, 0.3) is 0 Å². The Bertz CT molecular complexity index is 2150. The first-order valence-corrected chi connectivity index (χ1v) is 14.1. The van der Waals surface area contributed by atoms with E-state index in [0.29, 0.717) is 5.82 Å². The second-order valence-corrected chi connectivity index (χ2v) is 10.6. The Kier molecular flexibility index (Phi) is 5.79. The van der Waals surface area contributed by atoms with E-state index < -0.39 is 0 Å². The van der Waals surface area contributed by atoms with Gasteiger partial charge in [-0.1, -0.05) is 115 Å². The quantitative estimate of drug-likeness (QED) is 0.225. The Morgan fingerprint density at radius 1 is 0.333 bits per heavy atom. The first-order chi connectivity index (χ1) is 20.8. The Morgan fingerprint density at radius 2 is 0.833 bits per heavy atom. The van der Waals surface area contributed by atoms with E-state index in [1.165, 1.54) is 21.5 Å². The number of hydrogen-bond donors (Lipinski definition) is 0. The van der Waals surface area contributed by atoms with Crippen LogP contribution in [0.5, 0.6) is 0 Å². The van der Waals surface area contributed by atoms with E-state index >= 15 is 0 Å². The summed E-state index contributed by atoms with van der Waals surface area (Å²) in [5.74, 6) is 0.712. The summed E-state index contributed by atoms with van der Waals surface area (Å²) in [7, 11) is 0. The van der Waals surface area contributed by atoms with Crippen molar-refractivity contribution in [3.8, 4) is 45.0 Å². The average molecular weight is 536 g/mol. The number of benzene rings is 6. The minimum absolute atomic E-state index is 0.712. The van der Waals surface area contributed by atoms with Crippen LogP contribution in [-0.4, -0.2) is 15.0 Å². The van der Waals surface area contributed by atoms with Gasteiger partial charge in [0.1, 0.15) is 0 Å². The van der Waals surface area contributed by atoms with Gasteiger partial charge in [0.15, 0.2) is 5.82 Å². The van der Waals surface area contributed by atoms with Gasteiger partial charge in [0, 0.05) is 33.8 Å². The van der Waals surface area contributed by atoms with Crippen LogP contribution in [0.3, 0.4) is 0 Å². The number of aromatic nitrogens is 3. The van der Waals surface area contributed by atoms with E-state index in [2.05, 4.69) is 132 Å². The van der Waals surface area contributed by atoms with E-state index in [4.69, 9.17) is 9.97 Å². The summed E-state index contributed by atoms with van der Waals surface area (Å²) in [4.78, 5) is 14.8. The van der Waals surface area contributed by atoms with Gasteiger partial charge < -0.3 is 0 Å². The molecule has 0 spiro atoms. The van der Waals surface area contributed by atoms with Crippen LogP contribution in [0.2, 0.25) is 0 Å². The van der Waals surface area contributed by atoms with Crippen molar-refractivity contribution in [2.24, 2.45) is 0 Å². The summed E-state index contributed by atoms with van der Waals surface area (Å²) in [6.07, 6.45) is 1.94. The molecule has 0 atom stereocenters. The maximum Gasteiger partial charge on any atom is 0.160 e. The maximum atomic E-state index is 5.09. The molecule has 196 valence electrons. The highest BCUT2D eigenvalue weighted by molar-refractivity contribution is 5.89. The molecule has 8 rings (SSSR count). The molecule has 2 heterocycles. The molecule has 0 bridgehead atoms. The van der Waals surface area contributed by atoms with Gasteiger partial charge in [-0.25, -0.2) is 9.97 Å². The van der Waals surface area contributed by atoms with E-state index in [1.54, 1.807) is 0 Å². The number of fused-ring (bicyclic) bond motifs is 3. The molecule has 3 nitrogen and oxygen atoms in total. The second kappa shape index (κ2) is 10.1. The third kappa shape index (κ3) is 4.47. The maximum absolute atomic E-state index is 5.09. The fourth-order valence-electron chi connectivity index (χ4n) is 5.61. The number of hydrogen-bond acceptors (Lipinski definition) is 3. The van der Waals surface area contributed by atoms with Crippen LogP contribution in [0.4, 0.5) is 0 Å². The molecule has 0 radical (unpaired) electrons. The third-order valence-electron chi connectivity index (χ3n) is 7.88. The molecule has 0 amide bonds. The largest absolute Gasteiger partial charge is 0.256 e. The van der Waals surface area contributed by atoms with Crippen molar-refractivity contribution in [1.29, 1.82) is 0 Å². The average Bonchev–Trinajstić information content (AvgIpc) is 3.07. The van der Waals surface area contributed by atoms with Crippen LogP contribution in [0.1, 0.15) is 0 Å². The summed E-state index contributed by atoms with van der Waals surface area (Å²) < 4.78 is 0. The monoisotopic (exact) mass is 535 g/mol. The highest BCUT2D eigenvalue weighted by Gasteiger charge is 2.12. The van der Waals surface area contributed by atoms with Gasteiger partial charge in [-0.05, 0) is 57.4 Å². The first-order valence-electron chi connectivity index (χ1n) is 14.1. The van der Waals surface area contributed by atoms with Crippen molar-refractivity contribution in [2.75, 3.05) is 0 Å². The Labute approximate surface area is 243 Å². The lowest BCUT2D eigenvalue weighted by Gasteiger charge is -2.11. The van der Waals surface area contributed by atoms with Crippen LogP contribution in [0, 0.1) is 0 Å². The lowest BCUT2D eigenvalue weighted by molar-refractivity contribution is 1.18. The summed E-state index contributed by atoms with van der Waals surface area (Å²) in [6, 6.07) is 50.8. The number of rotatable bonds is 4. The summed E-state index contributed by atoms with van der Waals surface area (Å²) in [6.45, 7) is 0. The van der Waals surface area contributed by atoms with E-state index in [9.17, 15) is 0 Å². The molecule has 0 saturated heterocycles. The Balaban J connectivity index is 1.25. The summed E-state index contributed by atoms with van der Waals surface area (Å²) in [5.41, 5.74) is 8.11. The van der Waals surface area contributed by atoms with Gasteiger partial charge in [0.05, 0.1) is 16.9 Å². The molecular formula is C39H25N3. The molecular weight excluding hydrogens is 510 g/mol. The molecule has 0 N–H and O–H groups in total. The van der Waals surface area contributed by atoms with Crippen molar-refractivity contribution in [2.45, 2.75) is 0 Å². The zero-order chi connectivity index (χ0) is 27.9. The Hall–Kier alpha value is -5.67. The SMILES string of the molecule is c1ccc2cc(-c3cc(-c4ccc(-c5cnc6ccccc6c5)cc4)nc(-c4ccc5ccccc5c4)n3)ccc2c1. The standard InChI is InChI=1S/C39H25N3/c1-3-9-30-21-33(19-15-26(30)7-1)38-24-37(41-39(42-38)34-20-16-27-8-2-4-10-31(27)22-34)29-17-13-28(14-18-29)35-23-32-11-5-6-12-36(32)40-25-35/h1-25H. The third-order valence-corrected chi connectivity index (χ3v) is 7.88. The summed E-state index contributed by atoms with van der Waals surface area (Å²) >= 11 is 0. The smallest absolute Gasteiger partial charge is 0.160 e. The van der Waals surface area contributed by atoms with E-state index in [1.807, 2.05) is 24.4 Å². The van der Waals surface area contributed by atoms with E-state index in [0.717, 1.165) is 50.1 Å². The van der Waals surface area contributed by atoms with Gasteiger partial charge in [0.2, 0.25) is 0 Å². The Morgan fingerprint density at radius 3 is 1.55 bits per heavy atom. The molecule has 0 saturated carbocycles. The van der Waals surface area contributed by atoms with Crippen molar-refractivity contribution >= 4 is 32.4 Å². The molecule has 0 aliphatic carbocycles. The van der Waals surface area contributed by atoms with Crippen LogP contribution >= 0.6 is 0 Å². The number of pyridine rings is 1. The van der Waals surface area contributed by atoms with E-state index in [-0.39, 0.29) is 0 Å². The molecule has 0 fully saturated rings. The predicted octanol–water partition coefficient (Wildman–Crippen LogP) is 10.00. The molecule has 8 aromatic rings. The number of para-hydroxylation sites is 1. The van der Waals surface area contributed by atoms with Crippen molar-refractivity contribution in [3.63, 3.8) is 0 Å². The molecule has 3 heteroatoms. The van der Waals surface area contributed by atoms with Gasteiger partial charge >= 0.3 is 0 Å². The van der Waals surface area contributed by atoms with Crippen molar-refractivity contribution in [3.05, 3.63) is 152 Å². The zero-order valence-corrected chi connectivity index (χ0v) is 22.8. The van der Waals surface area contributed by atoms with Crippen LogP contribution in [0.15, 0.2) is 152 Å². The minimum atomic E-state index is 0.712. The fourth-order valence-corrected chi connectivity index (χ4v) is 5.61. The van der Waals surface area contributed by atoms with Crippen LogP contribution in [0.25, 0.3) is 77.5 Å². The molecule has 0 aliphatic heterocycles. The topological polar surface area (TPSA) is 38.7 Å². The van der Waals surface area contributed by atoms with Gasteiger partial charge in [-0.2, -0.15) is 0 Å². The van der Waals surface area contributed by atoms with Crippen LogP contribution in [-0.2, 0) is 0 Å². The molecule has 6 aromatic carbocycles. The van der Waals surface area contributed by atoms with Gasteiger partial charge in [-0.3, -0.25) is 4.98 Å².